The van der Waals surface area contributed by atoms with Crippen molar-refractivity contribution in [1.82, 2.24) is 14.9 Å². The number of halogens is 1. The normalized spacial score (nSPS) is 16.0. The molecule has 6 nitrogen and oxygen atoms in total. The minimum absolute atomic E-state index is 0.134. The van der Waals surface area contributed by atoms with Crippen LogP contribution in [0, 0.1) is 13.8 Å². The van der Waals surface area contributed by atoms with Gasteiger partial charge in [-0.25, -0.2) is 18.4 Å². The summed E-state index contributed by atoms with van der Waals surface area (Å²) in [6.45, 7) is 7.73. The average Bonchev–Trinajstić information content (AvgIpc) is 2.60. The molecule has 0 bridgehead atoms. The van der Waals surface area contributed by atoms with Crippen LogP contribution in [0.5, 0.6) is 0 Å². The Morgan fingerprint density at radius 1 is 1.00 bits per heavy atom. The van der Waals surface area contributed by atoms with Crippen LogP contribution in [0.25, 0.3) is 0 Å². The molecule has 1 aromatic heterocycles. The van der Waals surface area contributed by atoms with Gasteiger partial charge < -0.3 is 4.90 Å². The van der Waals surface area contributed by atoms with Gasteiger partial charge in [-0.1, -0.05) is 15.9 Å². The number of piperazine rings is 1. The zero-order valence-corrected chi connectivity index (χ0v) is 17.4. The standard InChI is InChI=1S/C18H23BrN4O2S/c1-14-13-15(2)21-18(20-14)23-9-7-22(8-10-23)11-12-26(24,25)17-5-3-16(19)4-6-17/h3-6,13H,7-12H2,1-2H3. The number of hydrogen-bond acceptors (Lipinski definition) is 6. The maximum atomic E-state index is 12.5. The molecule has 0 spiro atoms. The van der Waals surface area contributed by atoms with E-state index in [0.29, 0.717) is 11.4 Å². The highest BCUT2D eigenvalue weighted by molar-refractivity contribution is 9.10. The highest BCUT2D eigenvalue weighted by Gasteiger charge is 2.22. The van der Waals surface area contributed by atoms with E-state index in [0.717, 1.165) is 48.0 Å². The molecule has 2 aromatic rings. The van der Waals surface area contributed by atoms with Gasteiger partial charge in [0.05, 0.1) is 10.6 Å². The van der Waals surface area contributed by atoms with E-state index in [1.165, 1.54) is 0 Å². The van der Waals surface area contributed by atoms with Crippen LogP contribution in [0.4, 0.5) is 5.95 Å². The van der Waals surface area contributed by atoms with Crippen LogP contribution >= 0.6 is 15.9 Å². The summed E-state index contributed by atoms with van der Waals surface area (Å²) in [6, 6.07) is 8.78. The van der Waals surface area contributed by atoms with Crippen molar-refractivity contribution in [2.24, 2.45) is 0 Å². The van der Waals surface area contributed by atoms with E-state index < -0.39 is 9.84 Å². The van der Waals surface area contributed by atoms with Gasteiger partial charge in [-0.15, -0.1) is 0 Å². The summed E-state index contributed by atoms with van der Waals surface area (Å²) >= 11 is 3.33. The third kappa shape index (κ3) is 4.81. The van der Waals surface area contributed by atoms with Gasteiger partial charge in [0.25, 0.3) is 0 Å². The molecule has 0 saturated carbocycles. The SMILES string of the molecule is Cc1cc(C)nc(N2CCN(CCS(=O)(=O)c3ccc(Br)cc3)CC2)n1. The van der Waals surface area contributed by atoms with E-state index >= 15 is 0 Å². The van der Waals surface area contributed by atoms with Crippen molar-refractivity contribution in [3.8, 4) is 0 Å². The number of sulfone groups is 1. The maximum absolute atomic E-state index is 12.5. The third-order valence-corrected chi connectivity index (χ3v) is 6.71. The molecule has 0 amide bonds. The number of rotatable bonds is 5. The van der Waals surface area contributed by atoms with Crippen LogP contribution in [0.15, 0.2) is 39.7 Å². The minimum Gasteiger partial charge on any atom is -0.338 e. The van der Waals surface area contributed by atoms with E-state index in [4.69, 9.17) is 0 Å². The second-order valence-corrected chi connectivity index (χ2v) is 9.58. The first-order valence-corrected chi connectivity index (χ1v) is 11.1. The Morgan fingerprint density at radius 2 is 1.58 bits per heavy atom. The molecular weight excluding hydrogens is 416 g/mol. The van der Waals surface area contributed by atoms with E-state index in [1.807, 2.05) is 19.9 Å². The Kier molecular flexibility index (Phi) is 5.94. The topological polar surface area (TPSA) is 66.4 Å². The van der Waals surface area contributed by atoms with Gasteiger partial charge >= 0.3 is 0 Å². The molecule has 3 rings (SSSR count). The van der Waals surface area contributed by atoms with Gasteiger partial charge in [-0.2, -0.15) is 0 Å². The molecule has 0 radical (unpaired) electrons. The second kappa shape index (κ2) is 8.02. The number of aromatic nitrogens is 2. The quantitative estimate of drug-likeness (QED) is 0.713. The fourth-order valence-electron chi connectivity index (χ4n) is 3.03. The summed E-state index contributed by atoms with van der Waals surface area (Å²) in [5.41, 5.74) is 1.94. The van der Waals surface area contributed by atoms with Gasteiger partial charge in [0.2, 0.25) is 5.95 Å². The lowest BCUT2D eigenvalue weighted by molar-refractivity contribution is 0.270. The number of nitrogens with zero attached hydrogens (tertiary/aromatic N) is 4. The van der Waals surface area contributed by atoms with Crippen LogP contribution in [0.2, 0.25) is 0 Å². The lowest BCUT2D eigenvalue weighted by atomic mass is 10.3. The molecule has 2 heterocycles. The van der Waals surface area contributed by atoms with Gasteiger partial charge in [0.1, 0.15) is 0 Å². The van der Waals surface area contributed by atoms with Crippen molar-refractivity contribution in [1.29, 1.82) is 0 Å². The summed E-state index contributed by atoms with van der Waals surface area (Å²) in [7, 11) is -3.25. The molecule has 26 heavy (non-hydrogen) atoms. The molecule has 1 saturated heterocycles. The van der Waals surface area contributed by atoms with Crippen LogP contribution < -0.4 is 4.90 Å². The number of anilines is 1. The molecule has 0 unspecified atom stereocenters. The lowest BCUT2D eigenvalue weighted by Crippen LogP contribution is -2.48. The highest BCUT2D eigenvalue weighted by atomic mass is 79.9. The fraction of sp³-hybridized carbons (Fsp3) is 0.444. The predicted molar refractivity (Wildman–Crippen MR) is 106 cm³/mol. The third-order valence-electron chi connectivity index (χ3n) is 4.47. The van der Waals surface area contributed by atoms with E-state index in [9.17, 15) is 8.42 Å². The summed E-state index contributed by atoms with van der Waals surface area (Å²) in [5, 5.41) is 0. The average molecular weight is 439 g/mol. The van der Waals surface area contributed by atoms with E-state index in [1.54, 1.807) is 24.3 Å². The van der Waals surface area contributed by atoms with Crippen LogP contribution in [0.1, 0.15) is 11.4 Å². The van der Waals surface area contributed by atoms with Gasteiger partial charge in [-0.3, -0.25) is 4.90 Å². The van der Waals surface area contributed by atoms with Crippen molar-refractivity contribution < 1.29 is 8.42 Å². The van der Waals surface area contributed by atoms with Crippen molar-refractivity contribution >= 4 is 31.7 Å². The molecule has 1 aromatic carbocycles. The first-order chi connectivity index (χ1) is 12.3. The zero-order valence-electron chi connectivity index (χ0n) is 15.0. The van der Waals surface area contributed by atoms with Gasteiger partial charge in [0.15, 0.2) is 9.84 Å². The molecule has 0 atom stereocenters. The number of aryl methyl sites for hydroxylation is 2. The Labute approximate surface area is 163 Å². The Bertz CT molecular complexity index is 843. The number of hydrogen-bond donors (Lipinski definition) is 0. The zero-order chi connectivity index (χ0) is 18.7. The smallest absolute Gasteiger partial charge is 0.225 e. The van der Waals surface area contributed by atoms with Crippen LogP contribution in [-0.4, -0.2) is 61.8 Å². The first kappa shape index (κ1) is 19.3. The van der Waals surface area contributed by atoms with Crippen molar-refractivity contribution in [2.45, 2.75) is 18.7 Å². The van der Waals surface area contributed by atoms with Crippen molar-refractivity contribution in [2.75, 3.05) is 43.4 Å². The summed E-state index contributed by atoms with van der Waals surface area (Å²) in [6.07, 6.45) is 0. The Balaban J connectivity index is 1.55. The largest absolute Gasteiger partial charge is 0.338 e. The molecule has 0 N–H and O–H groups in total. The van der Waals surface area contributed by atoms with Crippen LogP contribution in [0.3, 0.4) is 0 Å². The highest BCUT2D eigenvalue weighted by Crippen LogP contribution is 2.17. The Hall–Kier alpha value is -1.51. The summed E-state index contributed by atoms with van der Waals surface area (Å²) in [4.78, 5) is 13.8. The molecule has 1 aliphatic heterocycles. The maximum Gasteiger partial charge on any atom is 0.225 e. The lowest BCUT2D eigenvalue weighted by Gasteiger charge is -2.34. The molecule has 0 aliphatic carbocycles. The summed E-state index contributed by atoms with van der Waals surface area (Å²) < 4.78 is 25.8. The van der Waals surface area contributed by atoms with Crippen molar-refractivity contribution in [3.05, 3.63) is 46.2 Å². The van der Waals surface area contributed by atoms with Crippen LogP contribution in [-0.2, 0) is 9.84 Å². The fourth-order valence-corrected chi connectivity index (χ4v) is 4.58. The Morgan fingerprint density at radius 3 is 2.15 bits per heavy atom. The predicted octanol–water partition coefficient (Wildman–Crippen LogP) is 2.45. The minimum atomic E-state index is -3.25. The first-order valence-electron chi connectivity index (χ1n) is 8.61. The second-order valence-electron chi connectivity index (χ2n) is 6.55. The summed E-state index contributed by atoms with van der Waals surface area (Å²) in [5.74, 6) is 0.902. The molecular formula is C18H23BrN4O2S. The number of benzene rings is 1. The monoisotopic (exact) mass is 438 g/mol. The van der Waals surface area contributed by atoms with Gasteiger partial charge in [-0.05, 0) is 44.2 Å². The molecule has 1 aliphatic rings. The molecule has 1 fully saturated rings. The van der Waals surface area contributed by atoms with E-state index in [-0.39, 0.29) is 5.75 Å². The van der Waals surface area contributed by atoms with Gasteiger partial charge in [0, 0.05) is 48.6 Å². The molecule has 8 heteroatoms. The van der Waals surface area contributed by atoms with Crippen molar-refractivity contribution in [3.63, 3.8) is 0 Å². The molecule has 140 valence electrons. The van der Waals surface area contributed by atoms with E-state index in [2.05, 4.69) is 35.7 Å².